The predicted molar refractivity (Wildman–Crippen MR) is 129 cm³/mol. The molecule has 3 aromatic heterocycles. The minimum absolute atomic E-state index is 0.575. The number of piperazine rings is 1. The van der Waals surface area contributed by atoms with Gasteiger partial charge in [0.25, 0.3) is 0 Å². The van der Waals surface area contributed by atoms with Gasteiger partial charge in [0.05, 0.1) is 18.3 Å². The summed E-state index contributed by atoms with van der Waals surface area (Å²) in [6, 6.07) is 8.46. The molecule has 0 bridgehead atoms. The monoisotopic (exact) mass is 445 g/mol. The Bertz CT molecular complexity index is 1220. The maximum atomic E-state index is 6.07. The summed E-state index contributed by atoms with van der Waals surface area (Å²) in [6.45, 7) is 10.7. The number of aryl methyl sites for hydroxylation is 1. The van der Waals surface area contributed by atoms with Gasteiger partial charge >= 0.3 is 0 Å². The van der Waals surface area contributed by atoms with Gasteiger partial charge in [-0.3, -0.25) is 14.6 Å². The highest BCUT2D eigenvalue weighted by atomic mass is 16.5. The molecular weight excluding hydrogens is 414 g/mol. The summed E-state index contributed by atoms with van der Waals surface area (Å²) < 4.78 is 7.99. The normalized spacial score (nSPS) is 14.7. The smallest absolute Gasteiger partial charge is 0.155 e. The molecule has 0 radical (unpaired) electrons. The van der Waals surface area contributed by atoms with Crippen LogP contribution in [0.2, 0.25) is 0 Å². The first-order valence-electron chi connectivity index (χ1n) is 11.8. The van der Waals surface area contributed by atoms with E-state index in [1.165, 1.54) is 5.56 Å². The van der Waals surface area contributed by atoms with Crippen molar-refractivity contribution >= 4 is 11.0 Å². The summed E-state index contributed by atoms with van der Waals surface area (Å²) in [6.07, 6.45) is 6.49. The van der Waals surface area contributed by atoms with Crippen molar-refractivity contribution in [3.8, 4) is 16.9 Å². The number of fused-ring (bicyclic) bond motifs is 1. The van der Waals surface area contributed by atoms with Crippen molar-refractivity contribution in [3.63, 3.8) is 0 Å². The number of aromatic amines is 1. The van der Waals surface area contributed by atoms with E-state index in [2.05, 4.69) is 56.5 Å². The second-order valence-electron chi connectivity index (χ2n) is 8.40. The number of nitrogens with zero attached hydrogens (tertiary/aromatic N) is 5. The minimum Gasteiger partial charge on any atom is -0.491 e. The zero-order chi connectivity index (χ0) is 22.6. The van der Waals surface area contributed by atoms with E-state index in [0.29, 0.717) is 13.0 Å². The molecule has 0 aliphatic carbocycles. The molecule has 2 N–H and O–H groups in total. The molecule has 1 saturated heterocycles. The van der Waals surface area contributed by atoms with Gasteiger partial charge in [0, 0.05) is 74.9 Å². The lowest BCUT2D eigenvalue weighted by atomic mass is 10.1. The first-order valence-corrected chi connectivity index (χ1v) is 11.8. The van der Waals surface area contributed by atoms with Crippen molar-refractivity contribution in [1.82, 2.24) is 34.9 Å². The SMILES string of the molecule is CCOc1c(-c2cnn(CC)c2)ccc2[nH]c(Cc3cc(CN4CCNCC4)ccn3)nc12. The van der Waals surface area contributed by atoms with Crippen molar-refractivity contribution in [2.24, 2.45) is 0 Å². The second-order valence-corrected chi connectivity index (χ2v) is 8.40. The lowest BCUT2D eigenvalue weighted by Gasteiger charge is -2.27. The fourth-order valence-corrected chi connectivity index (χ4v) is 4.40. The molecule has 1 fully saturated rings. The van der Waals surface area contributed by atoms with Crippen LogP contribution < -0.4 is 10.1 Å². The highest BCUT2D eigenvalue weighted by Crippen LogP contribution is 2.36. The van der Waals surface area contributed by atoms with Gasteiger partial charge < -0.3 is 15.0 Å². The van der Waals surface area contributed by atoms with Crippen LogP contribution in [0.25, 0.3) is 22.2 Å². The van der Waals surface area contributed by atoms with Crippen LogP contribution in [0.4, 0.5) is 0 Å². The molecule has 1 aliphatic heterocycles. The first kappa shape index (κ1) is 21.6. The largest absolute Gasteiger partial charge is 0.491 e. The van der Waals surface area contributed by atoms with Crippen LogP contribution in [0.5, 0.6) is 5.75 Å². The van der Waals surface area contributed by atoms with Gasteiger partial charge in [0.1, 0.15) is 11.3 Å². The maximum Gasteiger partial charge on any atom is 0.155 e. The van der Waals surface area contributed by atoms with Gasteiger partial charge in [0.15, 0.2) is 5.75 Å². The van der Waals surface area contributed by atoms with Crippen molar-refractivity contribution in [3.05, 3.63) is 59.9 Å². The van der Waals surface area contributed by atoms with E-state index >= 15 is 0 Å². The third kappa shape index (κ3) is 4.77. The number of benzene rings is 1. The number of nitrogens with one attached hydrogen (secondary N) is 2. The number of aromatic nitrogens is 5. The Labute approximate surface area is 194 Å². The fraction of sp³-hybridized carbons (Fsp3) is 0.400. The maximum absolute atomic E-state index is 6.07. The first-order chi connectivity index (χ1) is 16.2. The van der Waals surface area contributed by atoms with Crippen LogP contribution in [-0.4, -0.2) is 62.4 Å². The van der Waals surface area contributed by atoms with Crippen molar-refractivity contribution in [1.29, 1.82) is 0 Å². The van der Waals surface area contributed by atoms with Crippen LogP contribution in [0.15, 0.2) is 42.9 Å². The van der Waals surface area contributed by atoms with E-state index in [0.717, 1.165) is 78.7 Å². The van der Waals surface area contributed by atoms with Gasteiger partial charge in [-0.05, 0) is 43.7 Å². The average Bonchev–Trinajstić information content (AvgIpc) is 3.47. The zero-order valence-electron chi connectivity index (χ0n) is 19.3. The standard InChI is InChI=1S/C25H31N7O/c1-3-32-17-19(15-28-32)21-5-6-22-24(25(21)33-4-2)30-23(29-22)14-20-13-18(7-8-27-20)16-31-11-9-26-10-12-31/h5-8,13,15,17,26H,3-4,9-12,14,16H2,1-2H3,(H,29,30). The van der Waals surface area contributed by atoms with Gasteiger partial charge in [-0.25, -0.2) is 4.98 Å². The van der Waals surface area contributed by atoms with Gasteiger partial charge in [-0.1, -0.05) is 0 Å². The summed E-state index contributed by atoms with van der Waals surface area (Å²) in [5, 5.41) is 7.83. The molecule has 0 saturated carbocycles. The lowest BCUT2D eigenvalue weighted by molar-refractivity contribution is 0.233. The lowest BCUT2D eigenvalue weighted by Crippen LogP contribution is -2.42. The molecular formula is C25H31N7O. The highest BCUT2D eigenvalue weighted by Gasteiger charge is 2.17. The summed E-state index contributed by atoms with van der Waals surface area (Å²) in [5.41, 5.74) is 6.18. The fourth-order valence-electron chi connectivity index (χ4n) is 4.40. The molecule has 5 rings (SSSR count). The molecule has 8 heteroatoms. The average molecular weight is 446 g/mol. The number of rotatable bonds is 8. The summed E-state index contributed by atoms with van der Waals surface area (Å²) in [4.78, 5) is 15.5. The molecule has 1 aliphatic rings. The van der Waals surface area contributed by atoms with Crippen LogP contribution in [-0.2, 0) is 19.5 Å². The Balaban J connectivity index is 1.41. The minimum atomic E-state index is 0.575. The van der Waals surface area contributed by atoms with E-state index in [4.69, 9.17) is 9.72 Å². The molecule has 172 valence electrons. The number of pyridine rings is 1. The number of hydrogen-bond acceptors (Lipinski definition) is 6. The van der Waals surface area contributed by atoms with E-state index < -0.39 is 0 Å². The van der Waals surface area contributed by atoms with E-state index in [-0.39, 0.29) is 0 Å². The van der Waals surface area contributed by atoms with E-state index in [9.17, 15) is 0 Å². The van der Waals surface area contributed by atoms with Gasteiger partial charge in [-0.15, -0.1) is 0 Å². The summed E-state index contributed by atoms with van der Waals surface area (Å²) in [5.74, 6) is 1.69. The molecule has 33 heavy (non-hydrogen) atoms. The Morgan fingerprint density at radius 3 is 2.79 bits per heavy atom. The molecule has 0 unspecified atom stereocenters. The Morgan fingerprint density at radius 2 is 2.00 bits per heavy atom. The predicted octanol–water partition coefficient (Wildman–Crippen LogP) is 3.24. The van der Waals surface area contributed by atoms with Gasteiger partial charge in [0.2, 0.25) is 0 Å². The van der Waals surface area contributed by atoms with Crippen LogP contribution in [0.3, 0.4) is 0 Å². The molecule has 0 atom stereocenters. The Morgan fingerprint density at radius 1 is 1.12 bits per heavy atom. The molecule has 4 heterocycles. The number of H-pyrrole nitrogens is 1. The van der Waals surface area contributed by atoms with E-state index in [1.54, 1.807) is 0 Å². The van der Waals surface area contributed by atoms with Crippen LogP contribution in [0, 0.1) is 0 Å². The molecule has 0 amide bonds. The Hall–Kier alpha value is -3.23. The van der Waals surface area contributed by atoms with Crippen LogP contribution in [0.1, 0.15) is 30.9 Å². The number of hydrogen-bond donors (Lipinski definition) is 2. The Kier molecular flexibility index (Phi) is 6.37. The van der Waals surface area contributed by atoms with Crippen LogP contribution >= 0.6 is 0 Å². The third-order valence-corrected chi connectivity index (χ3v) is 6.06. The quantitative estimate of drug-likeness (QED) is 0.433. The van der Waals surface area contributed by atoms with Crippen molar-refractivity contribution in [2.45, 2.75) is 33.4 Å². The topological polar surface area (TPSA) is 83.9 Å². The third-order valence-electron chi connectivity index (χ3n) is 6.06. The molecule has 4 aromatic rings. The van der Waals surface area contributed by atoms with E-state index in [1.807, 2.05) is 30.2 Å². The molecule has 1 aromatic carbocycles. The van der Waals surface area contributed by atoms with Gasteiger partial charge in [-0.2, -0.15) is 5.10 Å². The zero-order valence-corrected chi connectivity index (χ0v) is 19.3. The number of imidazole rings is 1. The van der Waals surface area contributed by atoms with Crippen molar-refractivity contribution < 1.29 is 4.74 Å². The summed E-state index contributed by atoms with van der Waals surface area (Å²) in [7, 11) is 0. The molecule has 8 nitrogen and oxygen atoms in total. The summed E-state index contributed by atoms with van der Waals surface area (Å²) >= 11 is 0. The number of ether oxygens (including phenoxy) is 1. The second kappa shape index (κ2) is 9.72. The molecule has 0 spiro atoms. The highest BCUT2D eigenvalue weighted by molar-refractivity contribution is 5.90. The van der Waals surface area contributed by atoms with Crippen molar-refractivity contribution in [2.75, 3.05) is 32.8 Å².